The van der Waals surface area contributed by atoms with Gasteiger partial charge in [0.15, 0.2) is 0 Å². The number of benzene rings is 2. The van der Waals surface area contributed by atoms with E-state index in [4.69, 9.17) is 11.6 Å². The molecule has 2 aromatic heterocycles. The first-order valence-electron chi connectivity index (χ1n) is 9.50. The number of hydrogen-bond donors (Lipinski definition) is 2. The first-order valence-corrected chi connectivity index (χ1v) is 9.88. The van der Waals surface area contributed by atoms with Gasteiger partial charge in [-0.25, -0.2) is 0 Å². The summed E-state index contributed by atoms with van der Waals surface area (Å²) in [7, 11) is 0. The Hall–Kier alpha value is -3.22. The molecule has 0 aliphatic heterocycles. The van der Waals surface area contributed by atoms with Crippen LogP contribution in [0, 0.1) is 13.8 Å². The fraction of sp³-hybridized carbons (Fsp3) is 0.174. The van der Waals surface area contributed by atoms with Gasteiger partial charge in [0, 0.05) is 35.4 Å². The Morgan fingerprint density at radius 2 is 2.00 bits per heavy atom. The SMILES string of the molecule is Cc1ccc(C)c(NC(=O)c2cn(CCO)c3c(cc(Cl)c4ncccc43)c2=O)c1. The number of aliphatic hydroxyl groups is 1. The molecule has 0 saturated carbocycles. The molecule has 6 nitrogen and oxygen atoms in total. The molecule has 1 amide bonds. The highest BCUT2D eigenvalue weighted by Gasteiger charge is 2.19. The molecule has 0 aliphatic carbocycles. The Labute approximate surface area is 177 Å². The summed E-state index contributed by atoms with van der Waals surface area (Å²) in [5.41, 5.74) is 3.25. The number of carbonyl (C=O) groups is 1. The first kappa shape index (κ1) is 20.1. The number of aromatic nitrogens is 2. The Bertz CT molecular complexity index is 1360. The average molecular weight is 422 g/mol. The molecule has 0 unspecified atom stereocenters. The van der Waals surface area contributed by atoms with Crippen molar-refractivity contribution in [1.29, 1.82) is 0 Å². The monoisotopic (exact) mass is 421 g/mol. The molecule has 0 spiro atoms. The summed E-state index contributed by atoms with van der Waals surface area (Å²) < 4.78 is 1.70. The van der Waals surface area contributed by atoms with Crippen LogP contribution in [0.5, 0.6) is 0 Å². The number of pyridine rings is 2. The van der Waals surface area contributed by atoms with Gasteiger partial charge < -0.3 is 15.0 Å². The first-order chi connectivity index (χ1) is 14.4. The summed E-state index contributed by atoms with van der Waals surface area (Å²) in [5.74, 6) is -0.510. The maximum absolute atomic E-state index is 13.2. The number of nitrogens with one attached hydrogen (secondary N) is 1. The highest BCUT2D eigenvalue weighted by atomic mass is 35.5. The summed E-state index contributed by atoms with van der Waals surface area (Å²) in [5, 5.41) is 13.7. The topological polar surface area (TPSA) is 84.2 Å². The molecule has 0 bridgehead atoms. The maximum atomic E-state index is 13.2. The normalized spacial score (nSPS) is 11.2. The molecule has 4 rings (SSSR count). The molecule has 0 fully saturated rings. The molecule has 2 aromatic carbocycles. The molecule has 152 valence electrons. The van der Waals surface area contributed by atoms with Gasteiger partial charge in [-0.05, 0) is 49.2 Å². The van der Waals surface area contributed by atoms with Gasteiger partial charge in [0.2, 0.25) is 5.43 Å². The number of aryl methyl sites for hydroxylation is 2. The number of halogens is 1. The van der Waals surface area contributed by atoms with Gasteiger partial charge in [0.1, 0.15) is 5.56 Å². The van der Waals surface area contributed by atoms with E-state index in [2.05, 4.69) is 10.3 Å². The number of fused-ring (bicyclic) bond motifs is 3. The fourth-order valence-corrected chi connectivity index (χ4v) is 3.87. The van der Waals surface area contributed by atoms with Crippen LogP contribution in [0.2, 0.25) is 5.02 Å². The van der Waals surface area contributed by atoms with Gasteiger partial charge in [-0.15, -0.1) is 0 Å². The highest BCUT2D eigenvalue weighted by Crippen LogP contribution is 2.29. The van der Waals surface area contributed by atoms with E-state index in [9.17, 15) is 14.7 Å². The Balaban J connectivity index is 1.94. The van der Waals surface area contributed by atoms with Gasteiger partial charge in [0.25, 0.3) is 5.91 Å². The standard InChI is InChI=1S/C23H20ClN3O3/c1-13-5-6-14(2)19(10-13)26-23(30)17-12-27(8-9-28)21-15-4-3-7-25-20(15)18(24)11-16(21)22(17)29/h3-7,10-12,28H,8-9H2,1-2H3,(H,26,30). The van der Waals surface area contributed by atoms with Crippen molar-refractivity contribution >= 4 is 45.0 Å². The van der Waals surface area contributed by atoms with E-state index in [0.717, 1.165) is 11.1 Å². The molecule has 0 aliphatic rings. The largest absolute Gasteiger partial charge is 0.395 e. The fourth-order valence-electron chi connectivity index (χ4n) is 3.61. The van der Waals surface area contributed by atoms with Crippen LogP contribution in [0.25, 0.3) is 21.8 Å². The summed E-state index contributed by atoms with van der Waals surface area (Å²) >= 11 is 6.38. The Kier molecular flexibility index (Phi) is 5.28. The van der Waals surface area contributed by atoms with E-state index < -0.39 is 11.3 Å². The zero-order chi connectivity index (χ0) is 21.4. The highest BCUT2D eigenvalue weighted by molar-refractivity contribution is 6.36. The van der Waals surface area contributed by atoms with Gasteiger partial charge in [-0.1, -0.05) is 23.7 Å². The minimum atomic E-state index is -0.510. The van der Waals surface area contributed by atoms with Gasteiger partial charge in [-0.3, -0.25) is 14.6 Å². The van der Waals surface area contributed by atoms with Crippen molar-refractivity contribution in [3.63, 3.8) is 0 Å². The predicted octanol–water partition coefficient (Wildman–Crippen LogP) is 4.06. The van der Waals surface area contributed by atoms with Crippen LogP contribution in [-0.2, 0) is 6.54 Å². The molecular formula is C23H20ClN3O3. The van der Waals surface area contributed by atoms with Crippen molar-refractivity contribution in [3.8, 4) is 0 Å². The number of aliphatic hydroxyl groups excluding tert-OH is 1. The molecule has 2 N–H and O–H groups in total. The number of rotatable bonds is 4. The third kappa shape index (κ3) is 3.44. The number of anilines is 1. The molecule has 2 heterocycles. The van der Waals surface area contributed by atoms with E-state index in [1.54, 1.807) is 16.8 Å². The smallest absolute Gasteiger partial charge is 0.261 e. The molecule has 0 atom stereocenters. The second-order valence-corrected chi connectivity index (χ2v) is 7.62. The van der Waals surface area contributed by atoms with Crippen LogP contribution in [0.4, 0.5) is 5.69 Å². The lowest BCUT2D eigenvalue weighted by molar-refractivity contribution is 0.102. The third-order valence-corrected chi connectivity index (χ3v) is 5.39. The molecule has 0 radical (unpaired) electrons. The second-order valence-electron chi connectivity index (χ2n) is 7.22. The molecule has 4 aromatic rings. The minimum Gasteiger partial charge on any atom is -0.395 e. The van der Waals surface area contributed by atoms with E-state index >= 15 is 0 Å². The van der Waals surface area contributed by atoms with E-state index in [-0.39, 0.29) is 18.7 Å². The molecular weight excluding hydrogens is 402 g/mol. The van der Waals surface area contributed by atoms with Crippen molar-refractivity contribution in [2.75, 3.05) is 11.9 Å². The lowest BCUT2D eigenvalue weighted by Crippen LogP contribution is -2.25. The van der Waals surface area contributed by atoms with Gasteiger partial charge in [-0.2, -0.15) is 0 Å². The molecule has 0 saturated heterocycles. The van der Waals surface area contributed by atoms with Crippen molar-refractivity contribution in [2.45, 2.75) is 20.4 Å². The van der Waals surface area contributed by atoms with Gasteiger partial charge >= 0.3 is 0 Å². The van der Waals surface area contributed by atoms with Crippen LogP contribution < -0.4 is 10.7 Å². The predicted molar refractivity (Wildman–Crippen MR) is 119 cm³/mol. The van der Waals surface area contributed by atoms with E-state index in [1.165, 1.54) is 12.3 Å². The van der Waals surface area contributed by atoms with Crippen LogP contribution in [0.15, 0.2) is 53.6 Å². The van der Waals surface area contributed by atoms with Crippen LogP contribution in [0.1, 0.15) is 21.5 Å². The van der Waals surface area contributed by atoms with Crippen molar-refractivity contribution < 1.29 is 9.90 Å². The van der Waals surface area contributed by atoms with E-state index in [1.807, 2.05) is 38.1 Å². The lowest BCUT2D eigenvalue weighted by atomic mass is 10.1. The number of carbonyl (C=O) groups excluding carboxylic acids is 1. The van der Waals surface area contributed by atoms with Crippen molar-refractivity contribution in [1.82, 2.24) is 9.55 Å². The average Bonchev–Trinajstić information content (AvgIpc) is 2.73. The van der Waals surface area contributed by atoms with Gasteiger partial charge in [0.05, 0.1) is 22.7 Å². The molecule has 30 heavy (non-hydrogen) atoms. The minimum absolute atomic E-state index is 0.0174. The van der Waals surface area contributed by atoms with E-state index in [0.29, 0.717) is 32.5 Å². The number of nitrogens with zero attached hydrogens (tertiary/aromatic N) is 2. The summed E-state index contributed by atoms with van der Waals surface area (Å²) in [6.45, 7) is 3.88. The van der Waals surface area contributed by atoms with Crippen LogP contribution >= 0.6 is 11.6 Å². The maximum Gasteiger partial charge on any atom is 0.261 e. The number of amides is 1. The summed E-state index contributed by atoms with van der Waals surface area (Å²) in [4.78, 5) is 30.6. The molecule has 7 heteroatoms. The Morgan fingerprint density at radius 3 is 2.77 bits per heavy atom. The van der Waals surface area contributed by atoms with Crippen molar-refractivity contribution in [3.05, 3.63) is 80.7 Å². The summed E-state index contributed by atoms with van der Waals surface area (Å²) in [6.07, 6.45) is 3.11. The zero-order valence-electron chi connectivity index (χ0n) is 16.6. The lowest BCUT2D eigenvalue weighted by Gasteiger charge is -2.15. The van der Waals surface area contributed by atoms with Crippen molar-refractivity contribution in [2.24, 2.45) is 0 Å². The van der Waals surface area contributed by atoms with Crippen LogP contribution in [-0.4, -0.2) is 27.2 Å². The second kappa shape index (κ2) is 7.89. The van der Waals surface area contributed by atoms with Crippen LogP contribution in [0.3, 0.4) is 0 Å². The third-order valence-electron chi connectivity index (χ3n) is 5.10. The summed E-state index contributed by atoms with van der Waals surface area (Å²) in [6, 6.07) is 10.8. The zero-order valence-corrected chi connectivity index (χ0v) is 17.3. The Morgan fingerprint density at radius 1 is 1.20 bits per heavy atom. The number of hydrogen-bond acceptors (Lipinski definition) is 4. The quantitative estimate of drug-likeness (QED) is 0.486.